The second-order valence-electron chi connectivity index (χ2n) is 12.0. The minimum Gasteiger partial charge on any atom is -0.305 e. The van der Waals surface area contributed by atoms with Gasteiger partial charge in [-0.2, -0.15) is 0 Å². The van der Waals surface area contributed by atoms with Gasteiger partial charge in [-0.05, 0) is 69.4 Å². The Morgan fingerprint density at radius 1 is 0.370 bits per heavy atom. The van der Waals surface area contributed by atoms with Crippen molar-refractivity contribution < 1.29 is 0 Å². The van der Waals surface area contributed by atoms with E-state index in [1.807, 2.05) is 0 Å². The molecule has 1 aromatic heterocycles. The summed E-state index contributed by atoms with van der Waals surface area (Å²) in [6, 6.07) is 59.1. The third-order valence-corrected chi connectivity index (χ3v) is 9.47. The van der Waals surface area contributed by atoms with Crippen LogP contribution in [-0.4, -0.2) is 4.98 Å². The average molecular weight is 586 g/mol. The molecule has 3 heterocycles. The highest BCUT2D eigenvalue weighted by atomic mass is 15.3. The molecule has 7 aromatic carbocycles. The second-order valence-corrected chi connectivity index (χ2v) is 12.0. The van der Waals surface area contributed by atoms with E-state index < -0.39 is 0 Å². The fourth-order valence-electron chi connectivity index (χ4n) is 7.47. The van der Waals surface area contributed by atoms with Crippen LogP contribution in [0.5, 0.6) is 0 Å². The highest BCUT2D eigenvalue weighted by Crippen LogP contribution is 2.61. The van der Waals surface area contributed by atoms with Gasteiger partial charge in [0, 0.05) is 16.5 Å². The van der Waals surface area contributed by atoms with Crippen LogP contribution in [0.3, 0.4) is 0 Å². The Morgan fingerprint density at radius 3 is 1.76 bits per heavy atom. The molecule has 0 N–H and O–H groups in total. The van der Waals surface area contributed by atoms with Crippen LogP contribution < -0.4 is 9.80 Å². The largest absolute Gasteiger partial charge is 0.305 e. The zero-order valence-electron chi connectivity index (χ0n) is 24.9. The Kier molecular flexibility index (Phi) is 5.28. The number of fused-ring (bicyclic) bond motifs is 9. The van der Waals surface area contributed by atoms with Crippen molar-refractivity contribution in [3.8, 4) is 33.4 Å². The maximum atomic E-state index is 5.38. The maximum absolute atomic E-state index is 5.38. The van der Waals surface area contributed by atoms with Crippen LogP contribution in [-0.2, 0) is 0 Å². The molecular formula is C43H27N3. The van der Waals surface area contributed by atoms with E-state index in [2.05, 4.69) is 174 Å². The van der Waals surface area contributed by atoms with E-state index in [1.165, 1.54) is 55.5 Å². The van der Waals surface area contributed by atoms with Crippen molar-refractivity contribution >= 4 is 55.9 Å². The van der Waals surface area contributed by atoms with E-state index in [9.17, 15) is 0 Å². The smallest absolute Gasteiger partial charge is 0.139 e. The van der Waals surface area contributed by atoms with Gasteiger partial charge in [-0.1, -0.05) is 127 Å². The van der Waals surface area contributed by atoms with E-state index in [0.717, 1.165) is 33.8 Å². The lowest BCUT2D eigenvalue weighted by Gasteiger charge is -2.41. The molecule has 8 aromatic rings. The van der Waals surface area contributed by atoms with Crippen molar-refractivity contribution in [2.24, 2.45) is 0 Å². The van der Waals surface area contributed by atoms with Crippen LogP contribution in [0.4, 0.5) is 34.3 Å². The Labute approximate surface area is 267 Å². The third kappa shape index (κ3) is 3.57. The molecule has 0 fully saturated rings. The summed E-state index contributed by atoms with van der Waals surface area (Å²) in [5.41, 5.74) is 13.9. The molecule has 0 atom stereocenters. The first-order valence-electron chi connectivity index (χ1n) is 15.7. The molecule has 0 saturated carbocycles. The lowest BCUT2D eigenvalue weighted by atomic mass is 9.94. The van der Waals surface area contributed by atoms with Gasteiger partial charge >= 0.3 is 0 Å². The molecule has 3 nitrogen and oxygen atoms in total. The SMILES string of the molecule is c1ccc(-c2cc(N3c4cc5ccccc5cc4N4c5ccccc5-c5ccccc5-c5cccc3c54)nc3ccccc23)cc1. The van der Waals surface area contributed by atoms with Gasteiger partial charge in [-0.3, -0.25) is 4.90 Å². The van der Waals surface area contributed by atoms with Crippen molar-refractivity contribution in [2.45, 2.75) is 0 Å². The van der Waals surface area contributed by atoms with E-state index >= 15 is 0 Å². The summed E-state index contributed by atoms with van der Waals surface area (Å²) < 4.78 is 0. The van der Waals surface area contributed by atoms with Crippen molar-refractivity contribution in [1.82, 2.24) is 4.98 Å². The normalized spacial score (nSPS) is 12.7. The molecule has 0 unspecified atom stereocenters. The van der Waals surface area contributed by atoms with Gasteiger partial charge in [0.2, 0.25) is 0 Å². The molecule has 10 rings (SSSR count). The number of nitrogens with zero attached hydrogens (tertiary/aromatic N) is 3. The molecule has 0 radical (unpaired) electrons. The molecule has 0 spiro atoms. The number of hydrogen-bond donors (Lipinski definition) is 0. The number of para-hydroxylation sites is 3. The Balaban J connectivity index is 1.35. The van der Waals surface area contributed by atoms with Gasteiger partial charge in [-0.15, -0.1) is 0 Å². The molecule has 0 amide bonds. The third-order valence-electron chi connectivity index (χ3n) is 9.47. The van der Waals surface area contributed by atoms with Crippen LogP contribution >= 0.6 is 0 Å². The fraction of sp³-hybridized carbons (Fsp3) is 0. The predicted octanol–water partition coefficient (Wildman–Crippen LogP) is 12.0. The minimum atomic E-state index is 0.896. The average Bonchev–Trinajstić information content (AvgIpc) is 3.25. The summed E-state index contributed by atoms with van der Waals surface area (Å²) in [6.45, 7) is 0. The van der Waals surface area contributed by atoms with Crippen LogP contribution in [0.2, 0.25) is 0 Å². The second kappa shape index (κ2) is 9.65. The predicted molar refractivity (Wildman–Crippen MR) is 192 cm³/mol. The van der Waals surface area contributed by atoms with Crippen LogP contribution in [0, 0.1) is 0 Å². The monoisotopic (exact) mass is 585 g/mol. The Bertz CT molecular complexity index is 2500. The number of rotatable bonds is 2. The Morgan fingerprint density at radius 2 is 0.957 bits per heavy atom. The standard InChI is InChI=1S/C43H27N3/c1-2-13-28(14-3-1)36-27-42(44-37-22-10-8-19-33(36)37)45-39-24-12-21-35-32-18-7-6-17-31(32)34-20-9-11-23-38(34)46(43(35)39)41-26-30-16-5-4-15-29(30)25-40(41)45/h1-27H. The first-order chi connectivity index (χ1) is 22.8. The molecule has 46 heavy (non-hydrogen) atoms. The van der Waals surface area contributed by atoms with Gasteiger partial charge in [-0.25, -0.2) is 4.98 Å². The van der Waals surface area contributed by atoms with Gasteiger partial charge in [0.1, 0.15) is 5.82 Å². The number of pyridine rings is 1. The quantitative estimate of drug-likeness (QED) is 0.201. The number of aromatic nitrogens is 1. The van der Waals surface area contributed by atoms with Gasteiger partial charge in [0.15, 0.2) is 0 Å². The van der Waals surface area contributed by atoms with Crippen molar-refractivity contribution in [3.05, 3.63) is 164 Å². The van der Waals surface area contributed by atoms with Crippen molar-refractivity contribution in [2.75, 3.05) is 9.80 Å². The minimum absolute atomic E-state index is 0.896. The van der Waals surface area contributed by atoms with E-state index in [1.54, 1.807) is 0 Å². The van der Waals surface area contributed by atoms with Crippen molar-refractivity contribution in [1.29, 1.82) is 0 Å². The lowest BCUT2D eigenvalue weighted by Crippen LogP contribution is -2.25. The first-order valence-corrected chi connectivity index (χ1v) is 15.7. The van der Waals surface area contributed by atoms with Crippen LogP contribution in [0.15, 0.2) is 164 Å². The maximum Gasteiger partial charge on any atom is 0.139 e. The zero-order chi connectivity index (χ0) is 30.2. The Hall–Kier alpha value is -6.19. The van der Waals surface area contributed by atoms with Crippen LogP contribution in [0.25, 0.3) is 55.1 Å². The van der Waals surface area contributed by atoms with E-state index in [0.29, 0.717) is 0 Å². The number of hydrogen-bond acceptors (Lipinski definition) is 3. The van der Waals surface area contributed by atoms with Gasteiger partial charge < -0.3 is 4.90 Å². The lowest BCUT2D eigenvalue weighted by molar-refractivity contribution is 1.15. The molecular weight excluding hydrogens is 558 g/mol. The molecule has 2 aliphatic rings. The summed E-state index contributed by atoms with van der Waals surface area (Å²) >= 11 is 0. The summed E-state index contributed by atoms with van der Waals surface area (Å²) in [4.78, 5) is 10.2. The zero-order valence-corrected chi connectivity index (χ0v) is 24.9. The van der Waals surface area contributed by atoms with Crippen molar-refractivity contribution in [3.63, 3.8) is 0 Å². The molecule has 2 aliphatic heterocycles. The number of benzene rings is 7. The highest BCUT2D eigenvalue weighted by Gasteiger charge is 2.37. The topological polar surface area (TPSA) is 19.4 Å². The van der Waals surface area contributed by atoms with E-state index in [4.69, 9.17) is 4.98 Å². The first kappa shape index (κ1) is 25.2. The van der Waals surface area contributed by atoms with Gasteiger partial charge in [0.05, 0.1) is 34.0 Å². The molecule has 3 heteroatoms. The van der Waals surface area contributed by atoms with Gasteiger partial charge in [0.25, 0.3) is 0 Å². The summed E-state index contributed by atoms with van der Waals surface area (Å²) in [6.07, 6.45) is 0. The molecule has 0 saturated heterocycles. The molecule has 0 bridgehead atoms. The number of anilines is 6. The summed E-state index contributed by atoms with van der Waals surface area (Å²) in [5.74, 6) is 0.896. The van der Waals surface area contributed by atoms with E-state index in [-0.39, 0.29) is 0 Å². The molecule has 0 aliphatic carbocycles. The molecule has 214 valence electrons. The van der Waals surface area contributed by atoms with Crippen LogP contribution in [0.1, 0.15) is 0 Å². The highest BCUT2D eigenvalue weighted by molar-refractivity contribution is 6.14. The summed E-state index contributed by atoms with van der Waals surface area (Å²) in [7, 11) is 0. The fourth-order valence-corrected chi connectivity index (χ4v) is 7.47. The summed E-state index contributed by atoms with van der Waals surface area (Å²) in [5, 5.41) is 3.55.